The fourth-order valence-corrected chi connectivity index (χ4v) is 1.84. The lowest BCUT2D eigenvalue weighted by Gasteiger charge is -2.10. The van der Waals surface area contributed by atoms with Gasteiger partial charge in [0.1, 0.15) is 11.6 Å². The minimum atomic E-state index is -0.287. The largest absolute Gasteiger partial charge is 0.310 e. The second-order valence-corrected chi connectivity index (χ2v) is 5.04. The molecule has 2 rings (SSSR count). The molecule has 1 aromatic carbocycles. The molecule has 0 atom stereocenters. The normalized spacial score (nSPS) is 11.1. The van der Waals surface area contributed by atoms with Gasteiger partial charge in [0.05, 0.1) is 5.69 Å². The lowest BCUT2D eigenvalue weighted by Crippen LogP contribution is -2.17. The Morgan fingerprint density at radius 1 is 1.26 bits per heavy atom. The predicted molar refractivity (Wildman–Crippen MR) is 73.8 cm³/mol. The topological polar surface area (TPSA) is 45.8 Å². The van der Waals surface area contributed by atoms with E-state index in [1.807, 2.05) is 13.8 Å². The van der Waals surface area contributed by atoms with E-state index in [0.29, 0.717) is 28.2 Å². The van der Waals surface area contributed by atoms with Gasteiger partial charge in [0.15, 0.2) is 0 Å². The average molecular weight is 260 g/mol. The van der Waals surface area contributed by atoms with Crippen molar-refractivity contribution in [2.24, 2.45) is 0 Å². The first-order valence-corrected chi connectivity index (χ1v) is 6.27. The smallest absolute Gasteiger partial charge is 0.254 e. The highest BCUT2D eigenvalue weighted by atomic mass is 19.1. The molecule has 3 nitrogen and oxygen atoms in total. The summed E-state index contributed by atoms with van der Waals surface area (Å²) in [6.07, 6.45) is 0. The molecule has 0 saturated carbocycles. The number of hydrogen-bond donors (Lipinski definition) is 1. The number of aryl methyl sites for hydroxylation is 1. The molecule has 0 aliphatic carbocycles. The van der Waals surface area contributed by atoms with Gasteiger partial charge in [-0.2, -0.15) is 0 Å². The highest BCUT2D eigenvalue weighted by Gasteiger charge is 2.12. The van der Waals surface area contributed by atoms with Crippen molar-refractivity contribution < 1.29 is 4.39 Å². The minimum Gasteiger partial charge on any atom is -0.310 e. The van der Waals surface area contributed by atoms with Crippen LogP contribution >= 0.6 is 0 Å². The van der Waals surface area contributed by atoms with E-state index >= 15 is 0 Å². The molecule has 1 heterocycles. The third-order valence-corrected chi connectivity index (χ3v) is 3.16. The number of aromatic amines is 1. The molecule has 1 aromatic heterocycles. The SMILES string of the molecule is Cc1ccc(-c2nc(C(C)C)[nH]c(=O)c2C)cc1F. The molecule has 0 radical (unpaired) electrons. The van der Waals surface area contributed by atoms with Crippen LogP contribution in [0.2, 0.25) is 0 Å². The van der Waals surface area contributed by atoms with Crippen LogP contribution in [0.4, 0.5) is 4.39 Å². The van der Waals surface area contributed by atoms with Crippen LogP contribution in [-0.2, 0) is 0 Å². The summed E-state index contributed by atoms with van der Waals surface area (Å²) in [7, 11) is 0. The zero-order chi connectivity index (χ0) is 14.2. The summed E-state index contributed by atoms with van der Waals surface area (Å²) in [5.74, 6) is 0.444. The summed E-state index contributed by atoms with van der Waals surface area (Å²) in [5.41, 5.74) is 2.10. The Hall–Kier alpha value is -1.97. The molecule has 0 fully saturated rings. The van der Waals surface area contributed by atoms with Gasteiger partial charge < -0.3 is 4.98 Å². The maximum Gasteiger partial charge on any atom is 0.254 e. The first kappa shape index (κ1) is 13.5. The second kappa shape index (κ2) is 4.96. The van der Waals surface area contributed by atoms with E-state index in [4.69, 9.17) is 0 Å². The van der Waals surface area contributed by atoms with Gasteiger partial charge in [-0.15, -0.1) is 0 Å². The van der Waals surface area contributed by atoms with Crippen LogP contribution in [0.5, 0.6) is 0 Å². The molecule has 1 N–H and O–H groups in total. The van der Waals surface area contributed by atoms with E-state index in [9.17, 15) is 9.18 Å². The summed E-state index contributed by atoms with van der Waals surface area (Å²) in [4.78, 5) is 19.1. The van der Waals surface area contributed by atoms with Crippen LogP contribution in [-0.4, -0.2) is 9.97 Å². The minimum absolute atomic E-state index is 0.113. The molecule has 0 saturated heterocycles. The summed E-state index contributed by atoms with van der Waals surface area (Å²) < 4.78 is 13.6. The van der Waals surface area contributed by atoms with Crippen LogP contribution in [0.25, 0.3) is 11.3 Å². The van der Waals surface area contributed by atoms with E-state index in [0.717, 1.165) is 0 Å². The number of H-pyrrole nitrogens is 1. The number of nitrogens with one attached hydrogen (secondary N) is 1. The zero-order valence-electron chi connectivity index (χ0n) is 11.5. The van der Waals surface area contributed by atoms with Crippen molar-refractivity contribution in [1.29, 1.82) is 0 Å². The van der Waals surface area contributed by atoms with Gasteiger partial charge in [-0.05, 0) is 25.5 Å². The average Bonchev–Trinajstić information content (AvgIpc) is 2.35. The first-order valence-electron chi connectivity index (χ1n) is 6.27. The number of halogens is 1. The number of nitrogens with zero attached hydrogens (tertiary/aromatic N) is 1. The van der Waals surface area contributed by atoms with Gasteiger partial charge in [-0.1, -0.05) is 26.0 Å². The van der Waals surface area contributed by atoms with Crippen molar-refractivity contribution >= 4 is 0 Å². The van der Waals surface area contributed by atoms with E-state index in [-0.39, 0.29) is 17.3 Å². The van der Waals surface area contributed by atoms with Gasteiger partial charge in [-0.3, -0.25) is 4.79 Å². The predicted octanol–water partition coefficient (Wildman–Crippen LogP) is 3.32. The Morgan fingerprint density at radius 2 is 1.95 bits per heavy atom. The van der Waals surface area contributed by atoms with Crippen molar-refractivity contribution in [2.75, 3.05) is 0 Å². The number of rotatable bonds is 2. The lowest BCUT2D eigenvalue weighted by molar-refractivity contribution is 0.619. The zero-order valence-corrected chi connectivity index (χ0v) is 11.5. The van der Waals surface area contributed by atoms with E-state index in [1.54, 1.807) is 26.0 Å². The number of benzene rings is 1. The number of hydrogen-bond acceptors (Lipinski definition) is 2. The summed E-state index contributed by atoms with van der Waals surface area (Å²) in [6, 6.07) is 4.91. The van der Waals surface area contributed by atoms with Crippen LogP contribution in [0.3, 0.4) is 0 Å². The Bertz CT molecular complexity index is 674. The van der Waals surface area contributed by atoms with Crippen molar-refractivity contribution in [3.8, 4) is 11.3 Å². The first-order chi connectivity index (χ1) is 8.90. The second-order valence-electron chi connectivity index (χ2n) is 5.04. The Balaban J connectivity index is 2.67. The van der Waals surface area contributed by atoms with E-state index in [2.05, 4.69) is 9.97 Å². The maximum atomic E-state index is 13.6. The van der Waals surface area contributed by atoms with Gasteiger partial charge in [-0.25, -0.2) is 9.37 Å². The molecule has 2 aromatic rings. The monoisotopic (exact) mass is 260 g/mol. The Labute approximate surface area is 111 Å². The van der Waals surface area contributed by atoms with Crippen molar-refractivity contribution in [2.45, 2.75) is 33.6 Å². The molecular formula is C15H17FN2O. The molecule has 0 bridgehead atoms. The molecule has 100 valence electrons. The van der Waals surface area contributed by atoms with E-state index < -0.39 is 0 Å². The molecule has 0 aliphatic rings. The molecule has 0 amide bonds. The fourth-order valence-electron chi connectivity index (χ4n) is 1.84. The van der Waals surface area contributed by atoms with E-state index in [1.165, 1.54) is 6.07 Å². The highest BCUT2D eigenvalue weighted by Crippen LogP contribution is 2.22. The number of aromatic nitrogens is 2. The molecule has 0 unspecified atom stereocenters. The van der Waals surface area contributed by atoms with Crippen LogP contribution in [0.15, 0.2) is 23.0 Å². The van der Waals surface area contributed by atoms with Crippen LogP contribution in [0, 0.1) is 19.7 Å². The van der Waals surface area contributed by atoms with Crippen molar-refractivity contribution in [3.05, 3.63) is 51.3 Å². The lowest BCUT2D eigenvalue weighted by atomic mass is 10.0. The third-order valence-electron chi connectivity index (χ3n) is 3.16. The quantitative estimate of drug-likeness (QED) is 0.900. The summed E-state index contributed by atoms with van der Waals surface area (Å²) in [6.45, 7) is 7.31. The molecule has 0 spiro atoms. The van der Waals surface area contributed by atoms with Crippen molar-refractivity contribution in [3.63, 3.8) is 0 Å². The Kier molecular flexibility index (Phi) is 3.51. The summed E-state index contributed by atoms with van der Waals surface area (Å²) >= 11 is 0. The maximum absolute atomic E-state index is 13.6. The molecule has 4 heteroatoms. The molecular weight excluding hydrogens is 243 g/mol. The standard InChI is InChI=1S/C15H17FN2O/c1-8(2)14-17-13(10(4)15(19)18-14)11-6-5-9(3)12(16)7-11/h5-8H,1-4H3,(H,17,18,19). The van der Waals surface area contributed by atoms with Gasteiger partial charge >= 0.3 is 0 Å². The third kappa shape index (κ3) is 2.57. The fraction of sp³-hybridized carbons (Fsp3) is 0.333. The van der Waals surface area contributed by atoms with Gasteiger partial charge in [0.25, 0.3) is 5.56 Å². The van der Waals surface area contributed by atoms with Crippen LogP contribution < -0.4 is 5.56 Å². The van der Waals surface area contributed by atoms with Crippen LogP contribution in [0.1, 0.15) is 36.7 Å². The molecule has 0 aliphatic heterocycles. The van der Waals surface area contributed by atoms with Crippen molar-refractivity contribution in [1.82, 2.24) is 9.97 Å². The van der Waals surface area contributed by atoms with Gasteiger partial charge in [0.2, 0.25) is 0 Å². The summed E-state index contributed by atoms with van der Waals surface area (Å²) in [5, 5.41) is 0. The molecule has 19 heavy (non-hydrogen) atoms. The van der Waals surface area contributed by atoms with Gasteiger partial charge in [0, 0.05) is 17.0 Å². The highest BCUT2D eigenvalue weighted by molar-refractivity contribution is 5.62. The Morgan fingerprint density at radius 3 is 2.53 bits per heavy atom.